The van der Waals surface area contributed by atoms with Gasteiger partial charge in [-0.3, -0.25) is 4.98 Å². The topological polar surface area (TPSA) is 58.5 Å². The molecule has 3 rings (SSSR count). The SMILES string of the molecule is CC(C)(C)Oc1cncc(CCN2CCC(O)(C#Cc3ccccc3F)CC2)n1. The van der Waals surface area contributed by atoms with E-state index in [-0.39, 0.29) is 11.4 Å². The highest BCUT2D eigenvalue weighted by molar-refractivity contribution is 5.37. The number of nitrogens with zero attached hydrogens (tertiary/aromatic N) is 3. The minimum absolute atomic E-state index is 0.311. The van der Waals surface area contributed by atoms with Gasteiger partial charge in [-0.2, -0.15) is 0 Å². The first-order chi connectivity index (χ1) is 13.7. The number of benzene rings is 1. The van der Waals surface area contributed by atoms with Crippen LogP contribution >= 0.6 is 0 Å². The van der Waals surface area contributed by atoms with Crippen molar-refractivity contribution in [3.8, 4) is 17.7 Å². The standard InChI is InChI=1S/C23H28FN3O2/c1-22(2,3)29-21-17-25-16-19(26-21)9-13-27-14-11-23(28,12-15-27)10-8-18-6-4-5-7-20(18)24/h4-7,16-17,28H,9,11-15H2,1-3H3. The molecule has 2 aromatic rings. The second-order valence-electron chi connectivity index (χ2n) is 8.42. The summed E-state index contributed by atoms with van der Waals surface area (Å²) in [6.07, 6.45) is 5.22. The van der Waals surface area contributed by atoms with Gasteiger partial charge in [0.05, 0.1) is 17.5 Å². The maximum atomic E-state index is 13.7. The molecule has 1 aromatic carbocycles. The summed E-state index contributed by atoms with van der Waals surface area (Å²) < 4.78 is 19.5. The minimum Gasteiger partial charge on any atom is -0.471 e. The van der Waals surface area contributed by atoms with Crippen LogP contribution < -0.4 is 4.74 Å². The number of halogens is 1. The molecule has 0 aliphatic carbocycles. The molecule has 1 fully saturated rings. The van der Waals surface area contributed by atoms with Gasteiger partial charge in [0.2, 0.25) is 5.88 Å². The molecule has 1 aliphatic heterocycles. The Balaban J connectivity index is 1.52. The summed E-state index contributed by atoms with van der Waals surface area (Å²) in [5.74, 6) is 5.85. The zero-order valence-electron chi connectivity index (χ0n) is 17.3. The molecule has 0 radical (unpaired) electrons. The Kier molecular flexibility index (Phi) is 6.51. The second-order valence-corrected chi connectivity index (χ2v) is 8.42. The smallest absolute Gasteiger partial charge is 0.233 e. The van der Waals surface area contributed by atoms with Crippen LogP contribution in [0.15, 0.2) is 36.7 Å². The van der Waals surface area contributed by atoms with E-state index >= 15 is 0 Å². The molecule has 29 heavy (non-hydrogen) atoms. The van der Waals surface area contributed by atoms with E-state index in [2.05, 4.69) is 26.7 Å². The van der Waals surface area contributed by atoms with Crippen LogP contribution in [0.5, 0.6) is 5.88 Å². The molecular formula is C23H28FN3O2. The Bertz CT molecular complexity index is 891. The van der Waals surface area contributed by atoms with Gasteiger partial charge in [0.15, 0.2) is 0 Å². The molecule has 1 aromatic heterocycles. The molecule has 1 aliphatic rings. The molecular weight excluding hydrogens is 369 g/mol. The molecule has 1 N–H and O–H groups in total. The first kappa shape index (κ1) is 21.2. The van der Waals surface area contributed by atoms with Crippen molar-refractivity contribution in [3.05, 3.63) is 53.7 Å². The number of hydrogen-bond donors (Lipinski definition) is 1. The molecule has 5 nitrogen and oxygen atoms in total. The van der Waals surface area contributed by atoms with Crippen LogP contribution in [0.2, 0.25) is 0 Å². The predicted octanol–water partition coefficient (Wildman–Crippen LogP) is 3.21. The zero-order chi connectivity index (χ0) is 20.9. The number of hydrogen-bond acceptors (Lipinski definition) is 5. The fourth-order valence-corrected chi connectivity index (χ4v) is 3.16. The lowest BCUT2D eigenvalue weighted by Gasteiger charge is -2.35. The largest absolute Gasteiger partial charge is 0.471 e. The molecule has 1 saturated heterocycles. The normalized spacial score (nSPS) is 16.7. The number of rotatable bonds is 4. The van der Waals surface area contributed by atoms with Crippen molar-refractivity contribution in [2.45, 2.75) is 51.2 Å². The van der Waals surface area contributed by atoms with E-state index in [9.17, 15) is 9.50 Å². The first-order valence-electron chi connectivity index (χ1n) is 9.95. The van der Waals surface area contributed by atoms with E-state index in [4.69, 9.17) is 4.74 Å². The van der Waals surface area contributed by atoms with Crippen molar-refractivity contribution in [2.24, 2.45) is 0 Å². The van der Waals surface area contributed by atoms with E-state index in [1.807, 2.05) is 20.8 Å². The quantitative estimate of drug-likeness (QED) is 0.803. The third-order valence-corrected chi connectivity index (χ3v) is 4.74. The number of likely N-dealkylation sites (tertiary alicyclic amines) is 1. The van der Waals surface area contributed by atoms with Crippen LogP contribution in [0.3, 0.4) is 0 Å². The van der Waals surface area contributed by atoms with Gasteiger partial charge in [0.1, 0.15) is 17.0 Å². The average Bonchev–Trinajstić information content (AvgIpc) is 2.66. The molecule has 2 heterocycles. The van der Waals surface area contributed by atoms with Crippen LogP contribution in [-0.2, 0) is 6.42 Å². The summed E-state index contributed by atoms with van der Waals surface area (Å²) in [7, 11) is 0. The van der Waals surface area contributed by atoms with Crippen LogP contribution in [0.1, 0.15) is 44.9 Å². The summed E-state index contributed by atoms with van der Waals surface area (Å²) >= 11 is 0. The Morgan fingerprint density at radius 1 is 1.21 bits per heavy atom. The Morgan fingerprint density at radius 3 is 2.62 bits per heavy atom. The van der Waals surface area contributed by atoms with Gasteiger partial charge in [0.25, 0.3) is 0 Å². The van der Waals surface area contributed by atoms with Crippen molar-refractivity contribution >= 4 is 0 Å². The third-order valence-electron chi connectivity index (χ3n) is 4.74. The molecule has 0 atom stereocenters. The Labute approximate surface area is 171 Å². The lowest BCUT2D eigenvalue weighted by molar-refractivity contribution is 0.0275. The molecule has 0 saturated carbocycles. The van der Waals surface area contributed by atoms with Gasteiger partial charge in [0, 0.05) is 45.1 Å². The van der Waals surface area contributed by atoms with Gasteiger partial charge in [-0.1, -0.05) is 24.0 Å². The maximum Gasteiger partial charge on any atom is 0.233 e. The zero-order valence-corrected chi connectivity index (χ0v) is 17.3. The van der Waals surface area contributed by atoms with E-state index < -0.39 is 5.60 Å². The predicted molar refractivity (Wildman–Crippen MR) is 110 cm³/mol. The maximum absolute atomic E-state index is 13.7. The molecule has 6 heteroatoms. The van der Waals surface area contributed by atoms with Gasteiger partial charge in [-0.25, -0.2) is 9.37 Å². The van der Waals surface area contributed by atoms with Crippen molar-refractivity contribution in [3.63, 3.8) is 0 Å². The molecule has 154 valence electrons. The number of aromatic nitrogens is 2. The van der Waals surface area contributed by atoms with Gasteiger partial charge >= 0.3 is 0 Å². The van der Waals surface area contributed by atoms with E-state index in [1.54, 1.807) is 30.6 Å². The Hall–Kier alpha value is -2.49. The molecule has 0 amide bonds. The average molecular weight is 397 g/mol. The van der Waals surface area contributed by atoms with Gasteiger partial charge in [-0.15, -0.1) is 0 Å². The monoisotopic (exact) mass is 397 g/mol. The fraction of sp³-hybridized carbons (Fsp3) is 0.478. The van der Waals surface area contributed by atoms with E-state index in [1.165, 1.54) is 6.07 Å². The molecule has 0 bridgehead atoms. The van der Waals surface area contributed by atoms with Gasteiger partial charge < -0.3 is 14.7 Å². The van der Waals surface area contributed by atoms with E-state index in [0.29, 0.717) is 24.3 Å². The van der Waals surface area contributed by atoms with Crippen molar-refractivity contribution in [2.75, 3.05) is 19.6 Å². The van der Waals surface area contributed by atoms with E-state index in [0.717, 1.165) is 31.7 Å². The summed E-state index contributed by atoms with van der Waals surface area (Å²) in [5, 5.41) is 10.7. The van der Waals surface area contributed by atoms with Gasteiger partial charge in [-0.05, 0) is 32.9 Å². The van der Waals surface area contributed by atoms with Crippen molar-refractivity contribution < 1.29 is 14.2 Å². The summed E-state index contributed by atoms with van der Waals surface area (Å²) in [5.41, 5.74) is -0.181. The summed E-state index contributed by atoms with van der Waals surface area (Å²) in [4.78, 5) is 11.0. The first-order valence-corrected chi connectivity index (χ1v) is 9.95. The van der Waals surface area contributed by atoms with Crippen LogP contribution in [0.25, 0.3) is 0 Å². The summed E-state index contributed by atoms with van der Waals surface area (Å²) in [6.45, 7) is 8.22. The van der Waals surface area contributed by atoms with Crippen LogP contribution in [0.4, 0.5) is 4.39 Å². The van der Waals surface area contributed by atoms with Crippen LogP contribution in [-0.4, -0.2) is 50.8 Å². The lowest BCUT2D eigenvalue weighted by atomic mass is 9.91. The lowest BCUT2D eigenvalue weighted by Crippen LogP contribution is -2.44. The fourth-order valence-electron chi connectivity index (χ4n) is 3.16. The highest BCUT2D eigenvalue weighted by atomic mass is 19.1. The van der Waals surface area contributed by atoms with Crippen molar-refractivity contribution in [1.82, 2.24) is 14.9 Å². The summed E-state index contributed by atoms with van der Waals surface area (Å²) in [6, 6.07) is 6.37. The highest BCUT2D eigenvalue weighted by Crippen LogP contribution is 2.22. The molecule has 0 unspecified atom stereocenters. The van der Waals surface area contributed by atoms with Crippen molar-refractivity contribution in [1.29, 1.82) is 0 Å². The Morgan fingerprint density at radius 2 is 1.93 bits per heavy atom. The minimum atomic E-state index is -1.07. The second kappa shape index (κ2) is 8.89. The van der Waals surface area contributed by atoms with Crippen LogP contribution in [0, 0.1) is 17.7 Å². The molecule has 0 spiro atoms. The number of aliphatic hydroxyl groups is 1. The highest BCUT2D eigenvalue weighted by Gasteiger charge is 2.30. The number of ether oxygens (including phenoxy) is 1. The number of piperidine rings is 1. The third kappa shape index (κ3) is 6.52.